The number of hydrogen-bond donors (Lipinski definition) is 1. The minimum absolute atomic E-state index is 0.0382. The molecule has 148 valence electrons. The van der Waals surface area contributed by atoms with Gasteiger partial charge in [-0.3, -0.25) is 4.79 Å². The van der Waals surface area contributed by atoms with E-state index in [-0.39, 0.29) is 20.5 Å². The Morgan fingerprint density at radius 2 is 1.74 bits per heavy atom. The lowest BCUT2D eigenvalue weighted by atomic mass is 9.48. The van der Waals surface area contributed by atoms with Crippen LogP contribution >= 0.6 is 15.9 Å². The minimum Gasteiger partial charge on any atom is -0.326 e. The Morgan fingerprint density at radius 1 is 1.15 bits per heavy atom. The van der Waals surface area contributed by atoms with Gasteiger partial charge in [0.05, 0.1) is 4.90 Å². The lowest BCUT2D eigenvalue weighted by molar-refractivity contribution is -0.123. The Kier molecular flexibility index (Phi) is 4.71. The third kappa shape index (κ3) is 3.70. The highest BCUT2D eigenvalue weighted by Gasteiger charge is 2.57. The average molecular weight is 455 g/mol. The molecule has 7 heteroatoms. The summed E-state index contributed by atoms with van der Waals surface area (Å²) >= 11 is 3.99. The molecule has 4 bridgehead atoms. The Bertz CT molecular complexity index is 836. The number of nitrogens with one attached hydrogen (secondary N) is 1. The van der Waals surface area contributed by atoms with Crippen molar-refractivity contribution in [3.05, 3.63) is 24.3 Å². The largest absolute Gasteiger partial charge is 0.326 e. The molecule has 1 amide bonds. The molecule has 0 heterocycles. The van der Waals surface area contributed by atoms with Crippen LogP contribution in [0.15, 0.2) is 29.2 Å². The highest BCUT2D eigenvalue weighted by molar-refractivity contribution is 9.10. The summed E-state index contributed by atoms with van der Waals surface area (Å²) in [6.45, 7) is 0. The molecule has 0 spiro atoms. The van der Waals surface area contributed by atoms with Crippen molar-refractivity contribution in [2.45, 2.75) is 54.2 Å². The Balaban J connectivity index is 1.43. The van der Waals surface area contributed by atoms with Crippen LogP contribution in [0.4, 0.5) is 5.69 Å². The van der Waals surface area contributed by atoms with Gasteiger partial charge in [-0.2, -0.15) is 0 Å². The Morgan fingerprint density at radius 3 is 2.26 bits per heavy atom. The van der Waals surface area contributed by atoms with E-state index in [9.17, 15) is 13.2 Å². The Hall–Kier alpha value is -0.920. The molecule has 1 N–H and O–H groups in total. The van der Waals surface area contributed by atoms with Crippen molar-refractivity contribution in [2.24, 2.45) is 17.3 Å². The summed E-state index contributed by atoms with van der Waals surface area (Å²) < 4.78 is 25.7. The molecule has 1 aromatic rings. The van der Waals surface area contributed by atoms with E-state index < -0.39 is 10.0 Å². The first-order chi connectivity index (χ1) is 12.6. The highest BCUT2D eigenvalue weighted by atomic mass is 79.9. The van der Waals surface area contributed by atoms with Gasteiger partial charge in [0.2, 0.25) is 15.9 Å². The van der Waals surface area contributed by atoms with Gasteiger partial charge in [0, 0.05) is 30.5 Å². The SMILES string of the molecule is CN(C)S(=O)(=O)c1ccc(NC(=O)CC23C[C@H]4C[C@@H](CC(Br)(C4)C2)C3)cc1. The lowest BCUT2D eigenvalue weighted by Crippen LogP contribution is -2.53. The molecule has 2 atom stereocenters. The fourth-order valence-electron chi connectivity index (χ4n) is 6.01. The molecule has 0 radical (unpaired) electrons. The van der Waals surface area contributed by atoms with Gasteiger partial charge >= 0.3 is 0 Å². The smallest absolute Gasteiger partial charge is 0.242 e. The molecular weight excluding hydrogens is 428 g/mol. The van der Waals surface area contributed by atoms with Gasteiger partial charge in [-0.05, 0) is 80.0 Å². The third-order valence-electron chi connectivity index (χ3n) is 6.56. The summed E-state index contributed by atoms with van der Waals surface area (Å²) in [5.41, 5.74) is 0.780. The summed E-state index contributed by atoms with van der Waals surface area (Å²) in [6, 6.07) is 6.42. The van der Waals surface area contributed by atoms with Crippen LogP contribution in [0.25, 0.3) is 0 Å². The summed E-state index contributed by atoms with van der Waals surface area (Å²) in [7, 11) is -0.436. The van der Waals surface area contributed by atoms with Crippen LogP contribution in [0.5, 0.6) is 0 Å². The second-order valence-electron chi connectivity index (χ2n) is 9.15. The molecule has 0 saturated heterocycles. The van der Waals surface area contributed by atoms with Crippen molar-refractivity contribution in [3.8, 4) is 0 Å². The van der Waals surface area contributed by atoms with E-state index in [2.05, 4.69) is 21.2 Å². The monoisotopic (exact) mass is 454 g/mol. The van der Waals surface area contributed by atoms with Crippen LogP contribution in [0.1, 0.15) is 44.9 Å². The normalized spacial score (nSPS) is 34.8. The molecule has 0 aromatic heterocycles. The molecule has 0 aliphatic heterocycles. The molecule has 5 nitrogen and oxygen atoms in total. The molecule has 5 rings (SSSR count). The molecule has 4 fully saturated rings. The quantitative estimate of drug-likeness (QED) is 0.683. The number of carbonyl (C=O) groups is 1. The van der Waals surface area contributed by atoms with Crippen LogP contribution < -0.4 is 5.32 Å². The number of halogens is 1. The molecule has 4 aliphatic rings. The zero-order valence-corrected chi connectivity index (χ0v) is 18.3. The number of carbonyl (C=O) groups excluding carboxylic acids is 1. The van der Waals surface area contributed by atoms with Crippen LogP contribution in [0, 0.1) is 17.3 Å². The van der Waals surface area contributed by atoms with Crippen LogP contribution in [0.3, 0.4) is 0 Å². The predicted octanol–water partition coefficient (Wildman–Crippen LogP) is 4.00. The predicted molar refractivity (Wildman–Crippen MR) is 109 cm³/mol. The van der Waals surface area contributed by atoms with E-state index in [0.717, 1.165) is 18.3 Å². The number of rotatable bonds is 5. The van der Waals surface area contributed by atoms with Crippen molar-refractivity contribution in [3.63, 3.8) is 0 Å². The number of nitrogens with zero attached hydrogens (tertiary/aromatic N) is 1. The average Bonchev–Trinajstić information content (AvgIpc) is 2.52. The molecule has 27 heavy (non-hydrogen) atoms. The number of sulfonamides is 1. The fourth-order valence-corrected chi connectivity index (χ4v) is 8.42. The first-order valence-corrected chi connectivity index (χ1v) is 11.8. The number of alkyl halides is 1. The summed E-state index contributed by atoms with van der Waals surface area (Å²) in [4.78, 5) is 13.0. The van der Waals surface area contributed by atoms with E-state index in [1.54, 1.807) is 24.3 Å². The van der Waals surface area contributed by atoms with E-state index in [1.165, 1.54) is 50.5 Å². The first-order valence-electron chi connectivity index (χ1n) is 9.61. The van der Waals surface area contributed by atoms with E-state index in [1.807, 2.05) is 0 Å². The van der Waals surface area contributed by atoms with Gasteiger partial charge in [0.1, 0.15) is 0 Å². The lowest BCUT2D eigenvalue weighted by Gasteiger charge is -2.60. The zero-order chi connectivity index (χ0) is 19.4. The fraction of sp³-hybridized carbons (Fsp3) is 0.650. The van der Waals surface area contributed by atoms with Gasteiger partial charge in [-0.25, -0.2) is 12.7 Å². The molecule has 1 aromatic carbocycles. The van der Waals surface area contributed by atoms with Gasteiger partial charge in [0.25, 0.3) is 0 Å². The van der Waals surface area contributed by atoms with Gasteiger partial charge in [0.15, 0.2) is 0 Å². The van der Waals surface area contributed by atoms with E-state index in [0.29, 0.717) is 12.1 Å². The van der Waals surface area contributed by atoms with Crippen LogP contribution in [-0.2, 0) is 14.8 Å². The zero-order valence-electron chi connectivity index (χ0n) is 15.9. The van der Waals surface area contributed by atoms with E-state index in [4.69, 9.17) is 0 Å². The number of hydrogen-bond acceptors (Lipinski definition) is 3. The summed E-state index contributed by atoms with van der Waals surface area (Å²) in [6.07, 6.45) is 7.85. The van der Waals surface area contributed by atoms with Crippen molar-refractivity contribution in [2.75, 3.05) is 19.4 Å². The summed E-state index contributed by atoms with van der Waals surface area (Å²) in [5.74, 6) is 1.55. The topological polar surface area (TPSA) is 66.5 Å². The highest BCUT2D eigenvalue weighted by Crippen LogP contribution is 2.65. The van der Waals surface area contributed by atoms with Gasteiger partial charge < -0.3 is 5.32 Å². The second-order valence-corrected chi connectivity index (χ2v) is 13.0. The number of benzene rings is 1. The maximum atomic E-state index is 12.7. The van der Waals surface area contributed by atoms with Crippen molar-refractivity contribution < 1.29 is 13.2 Å². The standard InChI is InChI=1S/C20H27BrN2O3S/c1-23(2)27(25,26)17-5-3-16(4-6-17)22-18(24)12-19-8-14-7-15(9-19)11-20(21,10-14)13-19/h3-6,14-15H,7-13H2,1-2H3,(H,22,24)/t14-,15-,19?,20?/m1/s1. The molecule has 0 unspecified atom stereocenters. The molecular formula is C20H27BrN2O3S. The van der Waals surface area contributed by atoms with Crippen LogP contribution in [-0.4, -0.2) is 37.0 Å². The Labute approximate surface area is 170 Å². The second kappa shape index (κ2) is 6.56. The maximum absolute atomic E-state index is 12.7. The maximum Gasteiger partial charge on any atom is 0.242 e. The van der Waals surface area contributed by atoms with Gasteiger partial charge in [-0.15, -0.1) is 0 Å². The number of anilines is 1. The number of amides is 1. The van der Waals surface area contributed by atoms with Crippen LogP contribution in [0.2, 0.25) is 0 Å². The van der Waals surface area contributed by atoms with Crippen molar-refractivity contribution >= 4 is 37.5 Å². The van der Waals surface area contributed by atoms with Crippen molar-refractivity contribution in [1.82, 2.24) is 4.31 Å². The first kappa shape index (κ1) is 19.4. The molecule has 4 aliphatic carbocycles. The van der Waals surface area contributed by atoms with Gasteiger partial charge in [-0.1, -0.05) is 15.9 Å². The minimum atomic E-state index is -3.45. The third-order valence-corrected chi connectivity index (χ3v) is 9.32. The van der Waals surface area contributed by atoms with E-state index >= 15 is 0 Å². The summed E-state index contributed by atoms with van der Waals surface area (Å²) in [5, 5.41) is 2.97. The van der Waals surface area contributed by atoms with Crippen molar-refractivity contribution in [1.29, 1.82) is 0 Å². The molecule has 4 saturated carbocycles.